The number of rotatable bonds is 3. The van der Waals surface area contributed by atoms with E-state index in [1.54, 1.807) is 0 Å². The van der Waals surface area contributed by atoms with E-state index in [9.17, 15) is 4.79 Å². The first-order valence-electron chi connectivity index (χ1n) is 6.16. The van der Waals surface area contributed by atoms with Gasteiger partial charge in [-0.3, -0.25) is 4.90 Å². The van der Waals surface area contributed by atoms with Crippen LogP contribution in [0.3, 0.4) is 0 Å². The van der Waals surface area contributed by atoms with Gasteiger partial charge in [0, 0.05) is 25.7 Å². The number of hydrogen-bond acceptors (Lipinski definition) is 4. The molecule has 0 unspecified atom stereocenters. The number of amides is 1. The van der Waals surface area contributed by atoms with Gasteiger partial charge in [0.05, 0.1) is 13.2 Å². The second-order valence-corrected chi connectivity index (χ2v) is 5.46. The largest absolute Gasteiger partial charge is 0.444 e. The summed E-state index contributed by atoms with van der Waals surface area (Å²) >= 11 is 0. The third-order valence-electron chi connectivity index (χ3n) is 2.40. The van der Waals surface area contributed by atoms with Crippen molar-refractivity contribution in [1.29, 1.82) is 0 Å². The van der Waals surface area contributed by atoms with Crippen LogP contribution in [0, 0.1) is 0 Å². The van der Waals surface area contributed by atoms with Gasteiger partial charge in [0.2, 0.25) is 0 Å². The molecule has 17 heavy (non-hydrogen) atoms. The highest BCUT2D eigenvalue weighted by Gasteiger charge is 2.19. The third-order valence-corrected chi connectivity index (χ3v) is 2.40. The average molecular weight is 244 g/mol. The van der Waals surface area contributed by atoms with E-state index in [-0.39, 0.29) is 12.1 Å². The molecular formula is C12H24N2O3. The summed E-state index contributed by atoms with van der Waals surface area (Å²) in [6.45, 7) is 11.8. The maximum absolute atomic E-state index is 11.5. The van der Waals surface area contributed by atoms with Crippen molar-refractivity contribution in [3.05, 3.63) is 0 Å². The molecule has 1 atom stereocenters. The zero-order valence-corrected chi connectivity index (χ0v) is 11.3. The summed E-state index contributed by atoms with van der Waals surface area (Å²) in [5, 5.41) is 2.84. The average Bonchev–Trinajstić information content (AvgIpc) is 2.15. The number of hydrogen-bond donors (Lipinski definition) is 1. The molecule has 1 amide bonds. The number of alkyl carbamates (subject to hydrolysis) is 1. The van der Waals surface area contributed by atoms with Crippen LogP contribution in [0.1, 0.15) is 27.7 Å². The van der Waals surface area contributed by atoms with Crippen molar-refractivity contribution < 1.29 is 14.3 Å². The monoisotopic (exact) mass is 244 g/mol. The normalized spacial score (nSPS) is 19.8. The Hall–Kier alpha value is -0.810. The molecular weight excluding hydrogens is 220 g/mol. The predicted molar refractivity (Wildman–Crippen MR) is 66.1 cm³/mol. The smallest absolute Gasteiger partial charge is 0.407 e. The molecule has 0 aromatic heterocycles. The Kier molecular flexibility index (Phi) is 5.21. The Morgan fingerprint density at radius 3 is 2.53 bits per heavy atom. The second kappa shape index (κ2) is 6.21. The minimum atomic E-state index is -0.442. The number of carbonyl (C=O) groups is 1. The first kappa shape index (κ1) is 14.3. The molecule has 0 aliphatic carbocycles. The molecule has 0 aromatic carbocycles. The first-order valence-corrected chi connectivity index (χ1v) is 6.16. The van der Waals surface area contributed by atoms with E-state index in [0.29, 0.717) is 0 Å². The molecule has 5 heteroatoms. The van der Waals surface area contributed by atoms with E-state index in [1.807, 2.05) is 27.7 Å². The van der Waals surface area contributed by atoms with Crippen LogP contribution >= 0.6 is 0 Å². The van der Waals surface area contributed by atoms with Crippen molar-refractivity contribution in [3.63, 3.8) is 0 Å². The molecule has 0 spiro atoms. The topological polar surface area (TPSA) is 50.8 Å². The number of nitrogens with zero attached hydrogens (tertiary/aromatic N) is 1. The van der Waals surface area contributed by atoms with Crippen LogP contribution in [-0.2, 0) is 9.47 Å². The lowest BCUT2D eigenvalue weighted by molar-refractivity contribution is 0.0301. The van der Waals surface area contributed by atoms with Crippen LogP contribution in [0.15, 0.2) is 0 Å². The van der Waals surface area contributed by atoms with Gasteiger partial charge in [0.1, 0.15) is 5.60 Å². The van der Waals surface area contributed by atoms with Crippen molar-refractivity contribution in [1.82, 2.24) is 10.2 Å². The highest BCUT2D eigenvalue weighted by Crippen LogP contribution is 2.07. The minimum Gasteiger partial charge on any atom is -0.444 e. The summed E-state index contributed by atoms with van der Waals surface area (Å²) in [7, 11) is 0. The zero-order chi connectivity index (χ0) is 12.9. The zero-order valence-electron chi connectivity index (χ0n) is 11.3. The molecule has 5 nitrogen and oxygen atoms in total. The molecule has 1 aliphatic rings. The fraction of sp³-hybridized carbons (Fsp3) is 0.917. The van der Waals surface area contributed by atoms with E-state index in [0.717, 1.165) is 32.8 Å². The van der Waals surface area contributed by atoms with Gasteiger partial charge in [-0.05, 0) is 27.7 Å². The number of nitrogens with one attached hydrogen (secondary N) is 1. The highest BCUT2D eigenvalue weighted by atomic mass is 16.6. The second-order valence-electron chi connectivity index (χ2n) is 5.46. The van der Waals surface area contributed by atoms with E-state index >= 15 is 0 Å². The molecule has 1 N–H and O–H groups in total. The van der Waals surface area contributed by atoms with Gasteiger partial charge in [0.15, 0.2) is 0 Å². The van der Waals surface area contributed by atoms with Gasteiger partial charge in [-0.15, -0.1) is 0 Å². The maximum Gasteiger partial charge on any atom is 0.407 e. The summed E-state index contributed by atoms with van der Waals surface area (Å²) < 4.78 is 10.5. The fourth-order valence-corrected chi connectivity index (χ4v) is 1.73. The Balaban J connectivity index is 2.23. The Morgan fingerprint density at radius 1 is 1.41 bits per heavy atom. The van der Waals surface area contributed by atoms with Crippen molar-refractivity contribution in [2.24, 2.45) is 0 Å². The van der Waals surface area contributed by atoms with Crippen LogP contribution in [0.5, 0.6) is 0 Å². The molecule has 100 valence electrons. The van der Waals surface area contributed by atoms with Gasteiger partial charge >= 0.3 is 6.09 Å². The molecule has 0 saturated carbocycles. The lowest BCUT2D eigenvalue weighted by Gasteiger charge is -2.29. The van der Waals surface area contributed by atoms with Gasteiger partial charge in [0.25, 0.3) is 0 Å². The summed E-state index contributed by atoms with van der Waals surface area (Å²) in [4.78, 5) is 13.8. The Morgan fingerprint density at radius 2 is 2.00 bits per heavy atom. The fourth-order valence-electron chi connectivity index (χ4n) is 1.73. The van der Waals surface area contributed by atoms with Gasteiger partial charge in [-0.25, -0.2) is 4.79 Å². The van der Waals surface area contributed by atoms with Crippen LogP contribution in [-0.4, -0.2) is 55.5 Å². The molecule has 1 aliphatic heterocycles. The molecule has 1 rings (SSSR count). The summed E-state index contributed by atoms with van der Waals surface area (Å²) in [5.41, 5.74) is -0.442. The van der Waals surface area contributed by atoms with Crippen LogP contribution < -0.4 is 5.32 Å². The van der Waals surface area contributed by atoms with Crippen LogP contribution in [0.2, 0.25) is 0 Å². The van der Waals surface area contributed by atoms with E-state index in [4.69, 9.17) is 9.47 Å². The van der Waals surface area contributed by atoms with Crippen molar-refractivity contribution >= 4 is 6.09 Å². The van der Waals surface area contributed by atoms with Crippen LogP contribution in [0.4, 0.5) is 4.79 Å². The third kappa shape index (κ3) is 6.48. The highest BCUT2D eigenvalue weighted by molar-refractivity contribution is 5.68. The molecule has 0 aromatic rings. The summed E-state index contributed by atoms with van der Waals surface area (Å²) in [6, 6.07) is 0.0861. The Bertz CT molecular complexity index is 245. The summed E-state index contributed by atoms with van der Waals surface area (Å²) in [6.07, 6.45) is -0.349. The van der Waals surface area contributed by atoms with Crippen molar-refractivity contribution in [2.45, 2.75) is 39.3 Å². The van der Waals surface area contributed by atoms with Crippen LogP contribution in [0.25, 0.3) is 0 Å². The van der Waals surface area contributed by atoms with Gasteiger partial charge in [-0.2, -0.15) is 0 Å². The number of ether oxygens (including phenoxy) is 2. The SMILES string of the molecule is C[C@H](CN1CCOCC1)NC(=O)OC(C)(C)C. The minimum absolute atomic E-state index is 0.0861. The van der Waals surface area contributed by atoms with Gasteiger partial charge < -0.3 is 14.8 Å². The predicted octanol–water partition coefficient (Wildman–Crippen LogP) is 1.23. The van der Waals surface area contributed by atoms with Gasteiger partial charge in [-0.1, -0.05) is 0 Å². The standard InChI is InChI=1S/C12H24N2O3/c1-10(9-14-5-7-16-8-6-14)13-11(15)17-12(2,3)4/h10H,5-9H2,1-4H3,(H,13,15)/t10-/m1/s1. The van der Waals surface area contributed by atoms with Crippen molar-refractivity contribution in [2.75, 3.05) is 32.8 Å². The molecule has 1 saturated heterocycles. The maximum atomic E-state index is 11.5. The first-order chi connectivity index (χ1) is 7.87. The molecule has 0 radical (unpaired) electrons. The molecule has 1 fully saturated rings. The molecule has 0 bridgehead atoms. The van der Waals surface area contributed by atoms with E-state index in [1.165, 1.54) is 0 Å². The van der Waals surface area contributed by atoms with Crippen molar-refractivity contribution in [3.8, 4) is 0 Å². The lowest BCUT2D eigenvalue weighted by atomic mass is 10.2. The number of carbonyl (C=O) groups excluding carboxylic acids is 1. The lowest BCUT2D eigenvalue weighted by Crippen LogP contribution is -2.47. The Labute approximate surface area is 103 Å². The quantitative estimate of drug-likeness (QED) is 0.811. The molecule has 1 heterocycles. The number of morpholine rings is 1. The van der Waals surface area contributed by atoms with E-state index in [2.05, 4.69) is 10.2 Å². The summed E-state index contributed by atoms with van der Waals surface area (Å²) in [5.74, 6) is 0. The van der Waals surface area contributed by atoms with E-state index < -0.39 is 5.60 Å².